The Kier molecular flexibility index (Phi) is 5.97. The van der Waals surface area contributed by atoms with Gasteiger partial charge in [0.1, 0.15) is 0 Å². The first-order valence-electron chi connectivity index (χ1n) is 8.38. The first-order valence-corrected chi connectivity index (χ1v) is 8.38. The van der Waals surface area contributed by atoms with E-state index in [1.807, 2.05) is 26.0 Å². The molecule has 0 bridgehead atoms. The van der Waals surface area contributed by atoms with Crippen LogP contribution in [0.1, 0.15) is 46.5 Å². The fourth-order valence-electron chi connectivity index (χ4n) is 2.84. The smallest absolute Gasteiger partial charge is 0.251 e. The molecule has 2 aromatic carbocycles. The first-order chi connectivity index (χ1) is 10.9. The number of carbonyl (C=O) groups excluding carboxylic acids is 1. The van der Waals surface area contributed by atoms with Crippen LogP contribution in [0, 0.1) is 19.8 Å². The molecule has 122 valence electrons. The second-order valence-electron chi connectivity index (χ2n) is 6.80. The van der Waals surface area contributed by atoms with Crippen molar-refractivity contribution in [1.29, 1.82) is 0 Å². The molecule has 2 aromatic rings. The highest BCUT2D eigenvalue weighted by molar-refractivity contribution is 5.94. The van der Waals surface area contributed by atoms with Crippen molar-refractivity contribution in [3.8, 4) is 0 Å². The van der Waals surface area contributed by atoms with Gasteiger partial charge in [-0.05, 0) is 55.9 Å². The van der Waals surface area contributed by atoms with Gasteiger partial charge >= 0.3 is 0 Å². The maximum atomic E-state index is 12.2. The predicted molar refractivity (Wildman–Crippen MR) is 96.9 cm³/mol. The molecule has 2 heteroatoms. The highest BCUT2D eigenvalue weighted by atomic mass is 16.1. The molecular weight excluding hydrogens is 282 g/mol. The van der Waals surface area contributed by atoms with Crippen LogP contribution in [0.5, 0.6) is 0 Å². The van der Waals surface area contributed by atoms with Gasteiger partial charge in [0.25, 0.3) is 5.91 Å². The van der Waals surface area contributed by atoms with Crippen molar-refractivity contribution in [2.75, 3.05) is 6.54 Å². The normalized spacial score (nSPS) is 10.8. The maximum absolute atomic E-state index is 12.2. The fourth-order valence-corrected chi connectivity index (χ4v) is 2.84. The van der Waals surface area contributed by atoms with Gasteiger partial charge < -0.3 is 5.32 Å². The largest absolute Gasteiger partial charge is 0.352 e. The van der Waals surface area contributed by atoms with Crippen molar-refractivity contribution in [2.24, 2.45) is 5.92 Å². The summed E-state index contributed by atoms with van der Waals surface area (Å²) in [7, 11) is 0. The van der Waals surface area contributed by atoms with Gasteiger partial charge in [0.15, 0.2) is 0 Å². The molecule has 0 spiro atoms. The lowest BCUT2D eigenvalue weighted by molar-refractivity contribution is 0.0954. The average molecular weight is 309 g/mol. The highest BCUT2D eigenvalue weighted by Gasteiger charge is 2.06. The maximum Gasteiger partial charge on any atom is 0.251 e. The lowest BCUT2D eigenvalue weighted by Gasteiger charge is -2.09. The number of hydrogen-bond donors (Lipinski definition) is 1. The molecule has 0 aromatic heterocycles. The molecule has 0 saturated carbocycles. The van der Waals surface area contributed by atoms with Crippen LogP contribution >= 0.6 is 0 Å². The minimum absolute atomic E-state index is 0.00762. The van der Waals surface area contributed by atoms with Gasteiger partial charge in [-0.2, -0.15) is 0 Å². The van der Waals surface area contributed by atoms with Gasteiger partial charge in [-0.15, -0.1) is 0 Å². The van der Waals surface area contributed by atoms with Gasteiger partial charge in [-0.3, -0.25) is 4.79 Å². The quantitative estimate of drug-likeness (QED) is 0.838. The summed E-state index contributed by atoms with van der Waals surface area (Å²) in [6.45, 7) is 9.16. The number of carbonyl (C=O) groups is 1. The number of hydrogen-bond acceptors (Lipinski definition) is 1. The summed E-state index contributed by atoms with van der Waals surface area (Å²) in [5.41, 5.74) is 5.63. The summed E-state index contributed by atoms with van der Waals surface area (Å²) in [6, 6.07) is 14.7. The summed E-state index contributed by atoms with van der Waals surface area (Å²) in [5.74, 6) is 0.686. The topological polar surface area (TPSA) is 29.1 Å². The molecule has 0 saturated heterocycles. The third-order valence-corrected chi connectivity index (χ3v) is 3.85. The van der Waals surface area contributed by atoms with E-state index in [0.29, 0.717) is 12.5 Å². The summed E-state index contributed by atoms with van der Waals surface area (Å²) in [6.07, 6.45) is 1.97. The summed E-state index contributed by atoms with van der Waals surface area (Å²) in [4.78, 5) is 12.2. The van der Waals surface area contributed by atoms with Crippen molar-refractivity contribution in [3.05, 3.63) is 70.3 Å². The predicted octanol–water partition coefficient (Wildman–Crippen LogP) is 4.47. The van der Waals surface area contributed by atoms with Crippen molar-refractivity contribution in [2.45, 2.75) is 40.5 Å². The Balaban J connectivity index is 1.85. The molecule has 0 heterocycles. The molecule has 2 nitrogen and oxygen atoms in total. The Morgan fingerprint density at radius 2 is 1.52 bits per heavy atom. The second-order valence-corrected chi connectivity index (χ2v) is 6.80. The second kappa shape index (κ2) is 7.96. The van der Waals surface area contributed by atoms with Gasteiger partial charge in [0, 0.05) is 12.1 Å². The zero-order chi connectivity index (χ0) is 16.8. The lowest BCUT2D eigenvalue weighted by Crippen LogP contribution is -2.25. The molecule has 0 aliphatic heterocycles. The van der Waals surface area contributed by atoms with Crippen LogP contribution in [0.3, 0.4) is 0 Å². The number of benzene rings is 2. The fraction of sp³-hybridized carbons (Fsp3) is 0.381. The molecule has 1 amide bonds. The lowest BCUT2D eigenvalue weighted by atomic mass is 10.0. The number of aryl methyl sites for hydroxylation is 2. The Morgan fingerprint density at radius 1 is 0.957 bits per heavy atom. The highest BCUT2D eigenvalue weighted by Crippen LogP contribution is 2.11. The van der Waals surface area contributed by atoms with Crippen LogP contribution in [0.4, 0.5) is 0 Å². The zero-order valence-electron chi connectivity index (χ0n) is 14.6. The molecule has 0 atom stereocenters. The average Bonchev–Trinajstić information content (AvgIpc) is 2.47. The first kappa shape index (κ1) is 17.3. The van der Waals surface area contributed by atoms with E-state index in [-0.39, 0.29) is 5.91 Å². The Labute approximate surface area is 139 Å². The molecule has 1 N–H and O–H groups in total. The molecule has 23 heavy (non-hydrogen) atoms. The van der Waals surface area contributed by atoms with Crippen molar-refractivity contribution in [1.82, 2.24) is 5.32 Å². The third kappa shape index (κ3) is 5.55. The van der Waals surface area contributed by atoms with E-state index in [4.69, 9.17) is 0 Å². The minimum atomic E-state index is 0.00762. The SMILES string of the molecule is Cc1cc(C)cc(C(=O)NCCc2ccc(CC(C)C)cc2)c1. The number of nitrogens with one attached hydrogen (secondary N) is 1. The standard InChI is InChI=1S/C21H27NO/c1-15(2)11-19-7-5-18(6-8-19)9-10-22-21(23)20-13-16(3)12-17(4)14-20/h5-8,12-15H,9-11H2,1-4H3,(H,22,23). The van der Waals surface area contributed by atoms with E-state index in [0.717, 1.165) is 29.5 Å². The van der Waals surface area contributed by atoms with E-state index in [1.54, 1.807) is 0 Å². The number of amides is 1. The van der Waals surface area contributed by atoms with Gasteiger partial charge in [-0.25, -0.2) is 0 Å². The van der Waals surface area contributed by atoms with Gasteiger partial charge in [0.2, 0.25) is 0 Å². The van der Waals surface area contributed by atoms with E-state index in [2.05, 4.69) is 49.5 Å². The van der Waals surface area contributed by atoms with Crippen LogP contribution in [0.2, 0.25) is 0 Å². The van der Waals surface area contributed by atoms with Gasteiger partial charge in [0.05, 0.1) is 0 Å². The Morgan fingerprint density at radius 3 is 2.09 bits per heavy atom. The van der Waals surface area contributed by atoms with E-state index >= 15 is 0 Å². The van der Waals surface area contributed by atoms with Crippen LogP contribution in [-0.4, -0.2) is 12.5 Å². The van der Waals surface area contributed by atoms with Crippen LogP contribution in [0.25, 0.3) is 0 Å². The summed E-state index contributed by atoms with van der Waals surface area (Å²) < 4.78 is 0. The minimum Gasteiger partial charge on any atom is -0.352 e. The molecule has 0 fully saturated rings. The molecule has 0 unspecified atom stereocenters. The van der Waals surface area contributed by atoms with Crippen molar-refractivity contribution in [3.63, 3.8) is 0 Å². The molecule has 0 aliphatic carbocycles. The Hall–Kier alpha value is -2.09. The molecule has 0 radical (unpaired) electrons. The van der Waals surface area contributed by atoms with Gasteiger partial charge in [-0.1, -0.05) is 55.3 Å². The summed E-state index contributed by atoms with van der Waals surface area (Å²) >= 11 is 0. The van der Waals surface area contributed by atoms with E-state index < -0.39 is 0 Å². The number of rotatable bonds is 6. The van der Waals surface area contributed by atoms with Crippen molar-refractivity contribution >= 4 is 5.91 Å². The Bertz CT molecular complexity index is 636. The van der Waals surface area contributed by atoms with Crippen LogP contribution in [-0.2, 0) is 12.8 Å². The molecular formula is C21H27NO. The van der Waals surface area contributed by atoms with Crippen LogP contribution < -0.4 is 5.32 Å². The molecule has 0 aliphatic rings. The summed E-state index contributed by atoms with van der Waals surface area (Å²) in [5, 5.41) is 3.01. The molecule has 2 rings (SSSR count). The van der Waals surface area contributed by atoms with Crippen molar-refractivity contribution < 1.29 is 4.79 Å². The van der Waals surface area contributed by atoms with Crippen LogP contribution in [0.15, 0.2) is 42.5 Å². The monoisotopic (exact) mass is 309 g/mol. The zero-order valence-corrected chi connectivity index (χ0v) is 14.6. The van der Waals surface area contributed by atoms with E-state index in [9.17, 15) is 4.79 Å². The third-order valence-electron chi connectivity index (χ3n) is 3.85. The van der Waals surface area contributed by atoms with E-state index in [1.165, 1.54) is 11.1 Å².